The summed E-state index contributed by atoms with van der Waals surface area (Å²) >= 11 is 3.07. The molecular formula is C12H6BrF2N3. The van der Waals surface area contributed by atoms with Gasteiger partial charge in [0.25, 0.3) is 0 Å². The number of benzene rings is 1. The summed E-state index contributed by atoms with van der Waals surface area (Å²) in [6.07, 6.45) is 1.43. The van der Waals surface area contributed by atoms with Crippen LogP contribution in [0.4, 0.5) is 20.2 Å². The van der Waals surface area contributed by atoms with Crippen molar-refractivity contribution in [2.24, 2.45) is 0 Å². The minimum Gasteiger partial charge on any atom is -0.352 e. The van der Waals surface area contributed by atoms with Gasteiger partial charge < -0.3 is 5.32 Å². The zero-order valence-electron chi connectivity index (χ0n) is 8.92. The van der Waals surface area contributed by atoms with Crippen LogP contribution in [-0.2, 0) is 0 Å². The lowest BCUT2D eigenvalue weighted by Gasteiger charge is -2.09. The molecule has 0 radical (unpaired) electrons. The summed E-state index contributed by atoms with van der Waals surface area (Å²) in [5, 5.41) is 11.5. The van der Waals surface area contributed by atoms with E-state index >= 15 is 0 Å². The molecule has 0 atom stereocenters. The van der Waals surface area contributed by atoms with E-state index in [4.69, 9.17) is 5.26 Å². The fraction of sp³-hybridized carbons (Fsp3) is 0. The van der Waals surface area contributed by atoms with Crippen molar-refractivity contribution in [3.05, 3.63) is 52.3 Å². The van der Waals surface area contributed by atoms with Crippen LogP contribution in [0.1, 0.15) is 5.69 Å². The lowest BCUT2D eigenvalue weighted by molar-refractivity contribution is 0.584. The van der Waals surface area contributed by atoms with Crippen molar-refractivity contribution < 1.29 is 8.78 Å². The number of nitriles is 1. The van der Waals surface area contributed by atoms with Crippen LogP contribution in [0.2, 0.25) is 0 Å². The highest BCUT2D eigenvalue weighted by Crippen LogP contribution is 2.29. The van der Waals surface area contributed by atoms with Crippen molar-refractivity contribution in [3.8, 4) is 6.07 Å². The van der Waals surface area contributed by atoms with E-state index in [-0.39, 0.29) is 15.9 Å². The lowest BCUT2D eigenvalue weighted by atomic mass is 10.2. The maximum atomic E-state index is 13.6. The number of hydrogen-bond donors (Lipinski definition) is 1. The largest absolute Gasteiger partial charge is 0.352 e. The van der Waals surface area contributed by atoms with Gasteiger partial charge in [0, 0.05) is 22.4 Å². The number of nitrogens with one attached hydrogen (secondary N) is 1. The van der Waals surface area contributed by atoms with E-state index in [2.05, 4.69) is 26.2 Å². The Labute approximate surface area is 110 Å². The van der Waals surface area contributed by atoms with Crippen LogP contribution < -0.4 is 5.32 Å². The van der Waals surface area contributed by atoms with E-state index < -0.39 is 11.6 Å². The summed E-state index contributed by atoms with van der Waals surface area (Å²) in [4.78, 5) is 3.79. The standard InChI is InChI=1S/C12H6BrF2N3/c13-10-3-7(14)4-11(15)12(10)18-8-1-2-17-9(5-8)6-16/h1-5H,(H,17,18). The second kappa shape index (κ2) is 5.10. The van der Waals surface area contributed by atoms with Crippen LogP contribution in [0.15, 0.2) is 34.9 Å². The highest BCUT2D eigenvalue weighted by molar-refractivity contribution is 9.10. The molecule has 0 aliphatic heterocycles. The molecule has 0 saturated carbocycles. The first-order chi connectivity index (χ1) is 8.60. The van der Waals surface area contributed by atoms with E-state index in [9.17, 15) is 8.78 Å². The first-order valence-electron chi connectivity index (χ1n) is 4.88. The molecule has 0 aliphatic rings. The highest BCUT2D eigenvalue weighted by atomic mass is 79.9. The zero-order chi connectivity index (χ0) is 13.1. The van der Waals surface area contributed by atoms with Gasteiger partial charge in [-0.25, -0.2) is 13.8 Å². The Hall–Kier alpha value is -2.00. The molecule has 1 N–H and O–H groups in total. The Bertz CT molecular complexity index is 614. The van der Waals surface area contributed by atoms with Crippen LogP contribution in [-0.4, -0.2) is 4.98 Å². The molecule has 3 nitrogen and oxygen atoms in total. The molecule has 0 aliphatic carbocycles. The highest BCUT2D eigenvalue weighted by Gasteiger charge is 2.10. The van der Waals surface area contributed by atoms with Crippen molar-refractivity contribution in [1.82, 2.24) is 4.98 Å². The second-order valence-electron chi connectivity index (χ2n) is 3.41. The maximum Gasteiger partial charge on any atom is 0.150 e. The topological polar surface area (TPSA) is 48.7 Å². The summed E-state index contributed by atoms with van der Waals surface area (Å²) < 4.78 is 26.7. The molecule has 18 heavy (non-hydrogen) atoms. The molecule has 2 aromatic rings. The van der Waals surface area contributed by atoms with Crippen molar-refractivity contribution in [3.63, 3.8) is 0 Å². The Balaban J connectivity index is 2.37. The molecule has 0 saturated heterocycles. The van der Waals surface area contributed by atoms with Gasteiger partial charge in [-0.2, -0.15) is 5.26 Å². The SMILES string of the molecule is N#Cc1cc(Nc2c(F)cc(F)cc2Br)ccn1. The molecule has 1 heterocycles. The first-order valence-corrected chi connectivity index (χ1v) is 5.67. The smallest absolute Gasteiger partial charge is 0.150 e. The van der Waals surface area contributed by atoms with E-state index in [1.54, 1.807) is 6.07 Å². The Morgan fingerprint density at radius 3 is 2.72 bits per heavy atom. The number of nitrogens with zero attached hydrogens (tertiary/aromatic N) is 2. The third-order valence-corrected chi connectivity index (χ3v) is 2.78. The number of rotatable bonds is 2. The molecule has 0 fully saturated rings. The molecule has 6 heteroatoms. The molecule has 1 aromatic carbocycles. The average molecular weight is 310 g/mol. The lowest BCUT2D eigenvalue weighted by Crippen LogP contribution is -1.97. The summed E-state index contributed by atoms with van der Waals surface area (Å²) in [6.45, 7) is 0. The van der Waals surface area contributed by atoms with Crippen molar-refractivity contribution in [2.75, 3.05) is 5.32 Å². The molecule has 90 valence electrons. The van der Waals surface area contributed by atoms with Gasteiger partial charge in [-0.05, 0) is 34.1 Å². The van der Waals surface area contributed by atoms with Crippen LogP contribution in [0.3, 0.4) is 0 Å². The number of hydrogen-bond acceptors (Lipinski definition) is 3. The summed E-state index contributed by atoms with van der Waals surface area (Å²) in [5.74, 6) is -1.39. The molecular weight excluding hydrogens is 304 g/mol. The minimum absolute atomic E-state index is 0.103. The average Bonchev–Trinajstić information content (AvgIpc) is 2.34. The molecule has 0 unspecified atom stereocenters. The van der Waals surface area contributed by atoms with Gasteiger partial charge in [-0.15, -0.1) is 0 Å². The third-order valence-electron chi connectivity index (χ3n) is 2.15. The molecule has 0 bridgehead atoms. The third kappa shape index (κ3) is 2.63. The van der Waals surface area contributed by atoms with E-state index in [0.29, 0.717) is 5.69 Å². The number of pyridine rings is 1. The van der Waals surface area contributed by atoms with Crippen LogP contribution in [0.5, 0.6) is 0 Å². The number of aromatic nitrogens is 1. The van der Waals surface area contributed by atoms with E-state index in [1.807, 2.05) is 6.07 Å². The summed E-state index contributed by atoms with van der Waals surface area (Å²) in [6, 6.07) is 6.85. The van der Waals surface area contributed by atoms with Crippen molar-refractivity contribution in [1.29, 1.82) is 5.26 Å². The second-order valence-corrected chi connectivity index (χ2v) is 4.27. The van der Waals surface area contributed by atoms with Crippen molar-refractivity contribution >= 4 is 27.3 Å². The monoisotopic (exact) mass is 309 g/mol. The predicted octanol–water partition coefficient (Wildman–Crippen LogP) is 3.74. The Kier molecular flexibility index (Phi) is 3.53. The normalized spacial score (nSPS) is 9.89. The van der Waals surface area contributed by atoms with Gasteiger partial charge in [-0.3, -0.25) is 0 Å². The quantitative estimate of drug-likeness (QED) is 0.919. The van der Waals surface area contributed by atoms with Gasteiger partial charge in [0.1, 0.15) is 17.6 Å². The Morgan fingerprint density at radius 1 is 1.28 bits per heavy atom. The predicted molar refractivity (Wildman–Crippen MR) is 66.3 cm³/mol. The van der Waals surface area contributed by atoms with Gasteiger partial charge in [0.15, 0.2) is 5.82 Å². The van der Waals surface area contributed by atoms with Gasteiger partial charge in [0.05, 0.1) is 5.69 Å². The first kappa shape index (κ1) is 12.5. The van der Waals surface area contributed by atoms with E-state index in [1.165, 1.54) is 12.3 Å². The number of halogens is 3. The summed E-state index contributed by atoms with van der Waals surface area (Å²) in [7, 11) is 0. The molecule has 0 spiro atoms. The molecule has 2 rings (SSSR count). The molecule has 1 aromatic heterocycles. The zero-order valence-corrected chi connectivity index (χ0v) is 10.5. The minimum atomic E-state index is -0.725. The Morgan fingerprint density at radius 2 is 2.06 bits per heavy atom. The fourth-order valence-electron chi connectivity index (χ4n) is 1.38. The van der Waals surface area contributed by atoms with Crippen LogP contribution in [0, 0.1) is 23.0 Å². The van der Waals surface area contributed by atoms with E-state index in [0.717, 1.165) is 12.1 Å². The number of anilines is 2. The van der Waals surface area contributed by atoms with Crippen LogP contribution in [0.25, 0.3) is 0 Å². The van der Waals surface area contributed by atoms with Crippen LogP contribution >= 0.6 is 15.9 Å². The van der Waals surface area contributed by atoms with Gasteiger partial charge in [-0.1, -0.05) is 0 Å². The molecule has 0 amide bonds. The fourth-order valence-corrected chi connectivity index (χ4v) is 1.88. The maximum absolute atomic E-state index is 13.6. The van der Waals surface area contributed by atoms with Gasteiger partial charge in [0.2, 0.25) is 0 Å². The summed E-state index contributed by atoms with van der Waals surface area (Å²) in [5.41, 5.74) is 0.804. The van der Waals surface area contributed by atoms with Gasteiger partial charge >= 0.3 is 0 Å². The van der Waals surface area contributed by atoms with Crippen molar-refractivity contribution in [2.45, 2.75) is 0 Å².